The van der Waals surface area contributed by atoms with Gasteiger partial charge in [-0.2, -0.15) is 0 Å². The third kappa shape index (κ3) is 2.81. The third-order valence-electron chi connectivity index (χ3n) is 2.25. The molecule has 0 heterocycles. The maximum atomic E-state index is 13.1. The summed E-state index contributed by atoms with van der Waals surface area (Å²) in [6.07, 6.45) is 2.01. The Morgan fingerprint density at radius 3 is 2.85 bits per heavy atom. The van der Waals surface area contributed by atoms with Gasteiger partial charge in [0.1, 0.15) is 5.82 Å². The number of nitrogens with one attached hydrogen (secondary N) is 1. The van der Waals surface area contributed by atoms with Crippen LogP contribution < -0.4 is 5.32 Å². The number of rotatable bonds is 4. The van der Waals surface area contributed by atoms with Crippen molar-refractivity contribution >= 4 is 0 Å². The Morgan fingerprint density at radius 1 is 1.38 bits per heavy atom. The third-order valence-corrected chi connectivity index (χ3v) is 2.25. The summed E-state index contributed by atoms with van der Waals surface area (Å²) in [5.41, 5.74) is 1.91. The van der Waals surface area contributed by atoms with Crippen LogP contribution in [0, 0.1) is 12.7 Å². The summed E-state index contributed by atoms with van der Waals surface area (Å²) in [5.74, 6) is -0.0954. The molecule has 0 aliphatic rings. The normalized spacial score (nSPS) is 10.4. The van der Waals surface area contributed by atoms with Crippen LogP contribution in [-0.4, -0.2) is 13.6 Å². The van der Waals surface area contributed by atoms with Crippen molar-refractivity contribution in [2.75, 3.05) is 13.6 Å². The molecule has 13 heavy (non-hydrogen) atoms. The molecule has 0 fully saturated rings. The molecular weight excluding hydrogens is 165 g/mol. The summed E-state index contributed by atoms with van der Waals surface area (Å²) in [4.78, 5) is 0. The summed E-state index contributed by atoms with van der Waals surface area (Å²) >= 11 is 0. The molecule has 1 aromatic carbocycles. The number of benzene rings is 1. The molecule has 0 radical (unpaired) electrons. The highest BCUT2D eigenvalue weighted by atomic mass is 19.1. The van der Waals surface area contributed by atoms with E-state index in [1.54, 1.807) is 6.07 Å². The van der Waals surface area contributed by atoms with Gasteiger partial charge in [0.2, 0.25) is 0 Å². The van der Waals surface area contributed by atoms with Gasteiger partial charge in [0.25, 0.3) is 0 Å². The fourth-order valence-electron chi connectivity index (χ4n) is 1.38. The van der Waals surface area contributed by atoms with Crippen molar-refractivity contribution in [3.05, 3.63) is 35.1 Å². The quantitative estimate of drug-likeness (QED) is 0.703. The molecule has 0 bridgehead atoms. The van der Waals surface area contributed by atoms with Crippen LogP contribution in [0.5, 0.6) is 0 Å². The Kier molecular flexibility index (Phi) is 3.90. The fraction of sp³-hybridized carbons (Fsp3) is 0.455. The van der Waals surface area contributed by atoms with E-state index in [1.165, 1.54) is 6.07 Å². The van der Waals surface area contributed by atoms with E-state index in [0.29, 0.717) is 0 Å². The Bertz CT molecular complexity index is 271. The lowest BCUT2D eigenvalue weighted by atomic mass is 10.0. The molecule has 1 N–H and O–H groups in total. The first-order chi connectivity index (χ1) is 6.25. The zero-order valence-corrected chi connectivity index (χ0v) is 8.23. The van der Waals surface area contributed by atoms with Crippen molar-refractivity contribution in [2.45, 2.75) is 19.8 Å². The lowest BCUT2D eigenvalue weighted by Crippen LogP contribution is -2.08. The minimum absolute atomic E-state index is 0.0954. The van der Waals surface area contributed by atoms with Gasteiger partial charge in [0.05, 0.1) is 0 Å². The van der Waals surface area contributed by atoms with Gasteiger partial charge in [0.15, 0.2) is 0 Å². The van der Waals surface area contributed by atoms with Gasteiger partial charge in [-0.1, -0.05) is 12.1 Å². The molecule has 0 aliphatic heterocycles. The summed E-state index contributed by atoms with van der Waals surface area (Å²) in [6.45, 7) is 2.82. The smallest absolute Gasteiger partial charge is 0.126 e. The first kappa shape index (κ1) is 10.2. The van der Waals surface area contributed by atoms with E-state index in [0.717, 1.165) is 30.5 Å². The van der Waals surface area contributed by atoms with Gasteiger partial charge in [-0.15, -0.1) is 0 Å². The molecule has 72 valence electrons. The molecule has 0 unspecified atom stereocenters. The van der Waals surface area contributed by atoms with Crippen molar-refractivity contribution in [3.63, 3.8) is 0 Å². The van der Waals surface area contributed by atoms with E-state index < -0.39 is 0 Å². The highest BCUT2D eigenvalue weighted by molar-refractivity contribution is 5.27. The van der Waals surface area contributed by atoms with Crippen LogP contribution in [0.15, 0.2) is 18.2 Å². The minimum atomic E-state index is -0.0954. The Morgan fingerprint density at radius 2 is 2.15 bits per heavy atom. The van der Waals surface area contributed by atoms with Gasteiger partial charge in [0, 0.05) is 0 Å². The molecule has 2 heteroatoms. The minimum Gasteiger partial charge on any atom is -0.320 e. The molecule has 0 saturated carbocycles. The number of hydrogen-bond acceptors (Lipinski definition) is 1. The molecule has 0 aliphatic carbocycles. The van der Waals surface area contributed by atoms with E-state index in [1.807, 2.05) is 20.0 Å². The average Bonchev–Trinajstić information content (AvgIpc) is 2.13. The predicted molar refractivity (Wildman–Crippen MR) is 53.4 cm³/mol. The molecular formula is C11H16FN. The molecule has 0 amide bonds. The van der Waals surface area contributed by atoms with Crippen LogP contribution >= 0.6 is 0 Å². The second kappa shape index (κ2) is 4.97. The Hall–Kier alpha value is -0.890. The summed E-state index contributed by atoms with van der Waals surface area (Å²) < 4.78 is 13.1. The van der Waals surface area contributed by atoms with E-state index in [9.17, 15) is 4.39 Å². The van der Waals surface area contributed by atoms with Gasteiger partial charge in [-0.3, -0.25) is 0 Å². The zero-order valence-electron chi connectivity index (χ0n) is 8.23. The topological polar surface area (TPSA) is 12.0 Å². The molecule has 0 spiro atoms. The van der Waals surface area contributed by atoms with Crippen molar-refractivity contribution in [1.29, 1.82) is 0 Å². The molecule has 0 atom stereocenters. The molecule has 1 nitrogen and oxygen atoms in total. The maximum Gasteiger partial charge on any atom is 0.126 e. The fourth-order valence-corrected chi connectivity index (χ4v) is 1.38. The molecule has 1 aromatic rings. The predicted octanol–water partition coefficient (Wildman–Crippen LogP) is 2.29. The Balaban J connectivity index is 2.61. The van der Waals surface area contributed by atoms with Crippen molar-refractivity contribution in [2.24, 2.45) is 0 Å². The first-order valence-electron chi connectivity index (χ1n) is 4.64. The highest BCUT2D eigenvalue weighted by Gasteiger charge is 2.01. The zero-order chi connectivity index (χ0) is 9.68. The number of aryl methyl sites for hydroxylation is 1. The molecule has 0 saturated heterocycles. The standard InChI is InChI=1S/C11H16FN/c1-9-10(6-4-8-13-2)5-3-7-11(9)12/h3,5,7,13H,4,6,8H2,1-2H3. The van der Waals surface area contributed by atoms with Crippen LogP contribution in [0.25, 0.3) is 0 Å². The summed E-state index contributed by atoms with van der Waals surface area (Å²) in [7, 11) is 1.93. The van der Waals surface area contributed by atoms with Gasteiger partial charge < -0.3 is 5.32 Å². The van der Waals surface area contributed by atoms with E-state index >= 15 is 0 Å². The monoisotopic (exact) mass is 181 g/mol. The van der Waals surface area contributed by atoms with Crippen molar-refractivity contribution in [1.82, 2.24) is 5.32 Å². The van der Waals surface area contributed by atoms with Gasteiger partial charge in [-0.05, 0) is 50.6 Å². The van der Waals surface area contributed by atoms with E-state index in [2.05, 4.69) is 5.32 Å². The second-order valence-electron chi connectivity index (χ2n) is 3.23. The Labute approximate surface area is 79.0 Å². The summed E-state index contributed by atoms with van der Waals surface area (Å²) in [5, 5.41) is 3.08. The van der Waals surface area contributed by atoms with E-state index in [4.69, 9.17) is 0 Å². The van der Waals surface area contributed by atoms with Crippen LogP contribution in [0.4, 0.5) is 4.39 Å². The molecule has 1 rings (SSSR count). The highest BCUT2D eigenvalue weighted by Crippen LogP contribution is 2.13. The van der Waals surface area contributed by atoms with Crippen LogP contribution in [-0.2, 0) is 6.42 Å². The van der Waals surface area contributed by atoms with Crippen LogP contribution in [0.3, 0.4) is 0 Å². The SMILES string of the molecule is CNCCCc1cccc(F)c1C. The lowest BCUT2D eigenvalue weighted by molar-refractivity contribution is 0.613. The van der Waals surface area contributed by atoms with Gasteiger partial charge in [-0.25, -0.2) is 4.39 Å². The second-order valence-corrected chi connectivity index (χ2v) is 3.23. The van der Waals surface area contributed by atoms with Crippen molar-refractivity contribution in [3.8, 4) is 0 Å². The lowest BCUT2D eigenvalue weighted by Gasteiger charge is -2.05. The maximum absolute atomic E-state index is 13.1. The van der Waals surface area contributed by atoms with Crippen LogP contribution in [0.1, 0.15) is 17.5 Å². The van der Waals surface area contributed by atoms with E-state index in [-0.39, 0.29) is 5.82 Å². The molecule has 0 aromatic heterocycles. The number of hydrogen-bond donors (Lipinski definition) is 1. The van der Waals surface area contributed by atoms with Crippen LogP contribution in [0.2, 0.25) is 0 Å². The van der Waals surface area contributed by atoms with Crippen molar-refractivity contribution < 1.29 is 4.39 Å². The number of halogens is 1. The largest absolute Gasteiger partial charge is 0.320 e. The average molecular weight is 181 g/mol. The first-order valence-corrected chi connectivity index (χ1v) is 4.64. The van der Waals surface area contributed by atoms with Gasteiger partial charge >= 0.3 is 0 Å². The summed E-state index contributed by atoms with van der Waals surface area (Å²) in [6, 6.07) is 5.28.